The van der Waals surface area contributed by atoms with Crippen molar-refractivity contribution in [3.05, 3.63) is 97.2 Å². The summed E-state index contributed by atoms with van der Waals surface area (Å²) in [6.45, 7) is 5.23. The van der Waals surface area contributed by atoms with E-state index in [0.717, 1.165) is 64.2 Å². The van der Waals surface area contributed by atoms with E-state index in [2.05, 4.69) is 111 Å². The van der Waals surface area contributed by atoms with Crippen LogP contribution in [0.25, 0.3) is 0 Å². The molecule has 0 aliphatic carbocycles. The van der Waals surface area contributed by atoms with Gasteiger partial charge in [-0.25, -0.2) is 4.57 Å². The molecule has 9 heteroatoms. The second-order valence-electron chi connectivity index (χ2n) is 15.4. The molecule has 8 nitrogen and oxygen atoms in total. The largest absolute Gasteiger partial charge is 0.472 e. The van der Waals surface area contributed by atoms with Crippen molar-refractivity contribution in [3.63, 3.8) is 0 Å². The quantitative estimate of drug-likeness (QED) is 0.0217. The molecular formula is C48H83NO7P+. The van der Waals surface area contributed by atoms with E-state index in [-0.39, 0.29) is 32.2 Å². The Bertz CT molecular complexity index is 1230. The number of esters is 1. The number of carbonyl (C=O) groups excluding carboxylic acids is 1. The van der Waals surface area contributed by atoms with E-state index in [1.165, 1.54) is 51.4 Å². The van der Waals surface area contributed by atoms with Gasteiger partial charge in [0.1, 0.15) is 25.9 Å². The lowest BCUT2D eigenvalue weighted by Gasteiger charge is -2.24. The number of ether oxygens (including phenoxy) is 2. The molecule has 2 atom stereocenters. The molecule has 0 rings (SSSR count). The van der Waals surface area contributed by atoms with Gasteiger partial charge in [0.05, 0.1) is 27.7 Å². The lowest BCUT2D eigenvalue weighted by molar-refractivity contribution is -0.870. The third-order valence-electron chi connectivity index (χ3n) is 8.66. The van der Waals surface area contributed by atoms with Gasteiger partial charge in [-0.1, -0.05) is 137 Å². The molecule has 0 aliphatic rings. The SMILES string of the molecule is CCCCC/C=C\C/C=C\C/C=C\C/C=C\CCCCO[C@H](COC(=O)CCC/C=C\C/C=C\C/C=C\C/C=C\CCCCC)COP(=O)(O)OCC[N+](C)(C)C. The normalized spacial score (nSPS) is 14.7. The molecule has 0 aromatic heterocycles. The summed E-state index contributed by atoms with van der Waals surface area (Å²) in [6.07, 6.45) is 54.7. The van der Waals surface area contributed by atoms with Gasteiger partial charge in [0, 0.05) is 13.0 Å². The van der Waals surface area contributed by atoms with Crippen molar-refractivity contribution in [2.24, 2.45) is 0 Å². The Balaban J connectivity index is 4.45. The van der Waals surface area contributed by atoms with Gasteiger partial charge in [0.15, 0.2) is 0 Å². The van der Waals surface area contributed by atoms with Crippen molar-refractivity contribution in [1.82, 2.24) is 0 Å². The third kappa shape index (κ3) is 44.4. The van der Waals surface area contributed by atoms with Crippen LogP contribution in [-0.4, -0.2) is 75.6 Å². The first-order valence-electron chi connectivity index (χ1n) is 22.0. The first kappa shape index (κ1) is 54.4. The van der Waals surface area contributed by atoms with E-state index >= 15 is 0 Å². The summed E-state index contributed by atoms with van der Waals surface area (Å²) in [5, 5.41) is 0. The Labute approximate surface area is 349 Å². The predicted molar refractivity (Wildman–Crippen MR) is 242 cm³/mol. The fraction of sp³-hybridized carbons (Fsp3) is 0.646. The third-order valence-corrected chi connectivity index (χ3v) is 9.64. The molecule has 0 aromatic rings. The highest BCUT2D eigenvalue weighted by molar-refractivity contribution is 7.47. The zero-order valence-electron chi connectivity index (χ0n) is 36.8. The standard InChI is InChI=1S/C48H82NO7P/c1-6-8-10-12-14-16-18-20-22-24-26-28-30-32-34-36-38-40-43-53-47(46-56-57(51,52)55-44-42-49(3,4)5)45-54-48(50)41-39-37-35-33-31-29-27-25-23-21-19-17-15-13-11-9-7-2/h14-17,20-23,26-29,32-35,47H,6-13,18-19,24-25,30-31,36-46H2,1-5H3/p+1/b16-14-,17-15-,22-20-,23-21-,28-26-,29-27-,34-32-,35-33-/t47-/m1/s1. The smallest absolute Gasteiger partial charge is 0.463 e. The summed E-state index contributed by atoms with van der Waals surface area (Å²) in [4.78, 5) is 22.7. The molecule has 0 spiro atoms. The second kappa shape index (κ2) is 40.2. The molecule has 0 saturated heterocycles. The van der Waals surface area contributed by atoms with Gasteiger partial charge in [-0.05, 0) is 96.3 Å². The van der Waals surface area contributed by atoms with Gasteiger partial charge in [0.25, 0.3) is 0 Å². The lowest BCUT2D eigenvalue weighted by atomic mass is 10.2. The van der Waals surface area contributed by atoms with E-state index in [1.807, 2.05) is 21.1 Å². The van der Waals surface area contributed by atoms with Crippen LogP contribution in [0.15, 0.2) is 97.2 Å². The predicted octanol–water partition coefficient (Wildman–Crippen LogP) is 13.0. The number of carbonyl (C=O) groups is 1. The summed E-state index contributed by atoms with van der Waals surface area (Å²) >= 11 is 0. The van der Waals surface area contributed by atoms with Crippen LogP contribution in [0.5, 0.6) is 0 Å². The maximum Gasteiger partial charge on any atom is 0.472 e. The molecular weight excluding hydrogens is 734 g/mol. The Morgan fingerprint density at radius 3 is 1.37 bits per heavy atom. The summed E-state index contributed by atoms with van der Waals surface area (Å²) in [5.41, 5.74) is 0. The zero-order valence-corrected chi connectivity index (χ0v) is 37.7. The Hall–Kier alpha value is -2.58. The molecule has 57 heavy (non-hydrogen) atoms. The maximum atomic E-state index is 12.5. The highest BCUT2D eigenvalue weighted by atomic mass is 31.2. The van der Waals surface area contributed by atoms with Gasteiger partial charge in [-0.3, -0.25) is 13.8 Å². The minimum absolute atomic E-state index is 0.0563. The molecule has 1 unspecified atom stereocenters. The van der Waals surface area contributed by atoms with Crippen LogP contribution in [-0.2, 0) is 27.9 Å². The average Bonchev–Trinajstić information content (AvgIpc) is 3.17. The van der Waals surface area contributed by atoms with Gasteiger partial charge < -0.3 is 18.9 Å². The molecule has 0 heterocycles. The van der Waals surface area contributed by atoms with E-state index in [4.69, 9.17) is 18.5 Å². The molecule has 326 valence electrons. The number of hydrogen-bond donors (Lipinski definition) is 1. The van der Waals surface area contributed by atoms with Crippen molar-refractivity contribution >= 4 is 13.8 Å². The number of quaternary nitrogens is 1. The van der Waals surface area contributed by atoms with Crippen LogP contribution < -0.4 is 0 Å². The van der Waals surface area contributed by atoms with E-state index in [9.17, 15) is 14.3 Å². The van der Waals surface area contributed by atoms with Crippen LogP contribution in [0.2, 0.25) is 0 Å². The summed E-state index contributed by atoms with van der Waals surface area (Å²) in [7, 11) is 1.63. The highest BCUT2D eigenvalue weighted by Gasteiger charge is 2.25. The maximum absolute atomic E-state index is 12.5. The van der Waals surface area contributed by atoms with E-state index in [0.29, 0.717) is 24.1 Å². The first-order valence-corrected chi connectivity index (χ1v) is 23.5. The molecule has 0 amide bonds. The Kier molecular flexibility index (Phi) is 38.4. The van der Waals surface area contributed by atoms with E-state index in [1.54, 1.807) is 0 Å². The average molecular weight is 817 g/mol. The topological polar surface area (TPSA) is 91.3 Å². The number of allylic oxidation sites excluding steroid dienone is 16. The first-order chi connectivity index (χ1) is 27.6. The van der Waals surface area contributed by atoms with Crippen molar-refractivity contribution in [2.75, 3.05) is 54.1 Å². The van der Waals surface area contributed by atoms with Gasteiger partial charge in [0.2, 0.25) is 0 Å². The zero-order chi connectivity index (χ0) is 42.0. The number of rotatable bonds is 39. The molecule has 0 bridgehead atoms. The number of phosphoric acid groups is 1. The molecule has 0 radical (unpaired) electrons. The van der Waals surface area contributed by atoms with Crippen LogP contribution in [0, 0.1) is 0 Å². The molecule has 0 aliphatic heterocycles. The van der Waals surface area contributed by atoms with Crippen LogP contribution >= 0.6 is 7.82 Å². The number of nitrogens with zero attached hydrogens (tertiary/aromatic N) is 1. The summed E-state index contributed by atoms with van der Waals surface area (Å²) < 4.78 is 34.9. The molecule has 1 N–H and O–H groups in total. The minimum Gasteiger partial charge on any atom is -0.463 e. The molecule has 0 fully saturated rings. The number of hydrogen-bond acceptors (Lipinski definition) is 6. The molecule has 0 saturated carbocycles. The Morgan fingerprint density at radius 1 is 0.544 bits per heavy atom. The fourth-order valence-corrected chi connectivity index (χ4v) is 5.89. The van der Waals surface area contributed by atoms with Gasteiger partial charge in [-0.2, -0.15) is 0 Å². The van der Waals surface area contributed by atoms with Crippen LogP contribution in [0.4, 0.5) is 0 Å². The van der Waals surface area contributed by atoms with Crippen molar-refractivity contribution in [1.29, 1.82) is 0 Å². The Morgan fingerprint density at radius 2 is 0.947 bits per heavy atom. The lowest BCUT2D eigenvalue weighted by Crippen LogP contribution is -2.37. The monoisotopic (exact) mass is 817 g/mol. The highest BCUT2D eigenvalue weighted by Crippen LogP contribution is 2.43. The van der Waals surface area contributed by atoms with Gasteiger partial charge >= 0.3 is 13.8 Å². The summed E-state index contributed by atoms with van der Waals surface area (Å²) in [6, 6.07) is 0. The van der Waals surface area contributed by atoms with Crippen molar-refractivity contribution < 1.29 is 37.3 Å². The van der Waals surface area contributed by atoms with Crippen molar-refractivity contribution in [3.8, 4) is 0 Å². The second-order valence-corrected chi connectivity index (χ2v) is 16.8. The van der Waals surface area contributed by atoms with Crippen molar-refractivity contribution in [2.45, 2.75) is 148 Å². The minimum atomic E-state index is -4.28. The number of phosphoric ester groups is 1. The van der Waals surface area contributed by atoms with Crippen LogP contribution in [0.3, 0.4) is 0 Å². The number of unbranched alkanes of at least 4 members (excludes halogenated alkanes) is 9. The summed E-state index contributed by atoms with van der Waals surface area (Å²) in [5.74, 6) is -0.327. The van der Waals surface area contributed by atoms with E-state index < -0.39 is 13.9 Å². The number of likely N-dealkylation sites (N-methyl/N-ethyl adjacent to an activating group) is 1. The fourth-order valence-electron chi connectivity index (χ4n) is 5.15. The van der Waals surface area contributed by atoms with Crippen LogP contribution in [0.1, 0.15) is 142 Å². The molecule has 0 aromatic carbocycles. The van der Waals surface area contributed by atoms with Gasteiger partial charge in [-0.15, -0.1) is 0 Å².